The number of aliphatic hydroxyl groups is 2. The normalized spacial score (nSPS) is 23.5. The summed E-state index contributed by atoms with van der Waals surface area (Å²) < 4.78 is 20.9. The number of fused-ring (bicyclic) bond motifs is 3. The van der Waals surface area contributed by atoms with E-state index in [1.807, 2.05) is 78.6 Å². The molecule has 2 N–H and O–H groups in total. The first-order valence-corrected chi connectivity index (χ1v) is 21.6. The zero-order chi connectivity index (χ0) is 42.1. The molecular formula is C50H58N2O8. The molecule has 4 aromatic rings. The number of aldehydes is 1. The lowest BCUT2D eigenvalue weighted by Crippen LogP contribution is -2.70. The molecule has 0 bridgehead atoms. The van der Waals surface area contributed by atoms with Crippen molar-refractivity contribution in [3.05, 3.63) is 126 Å². The highest BCUT2D eigenvalue weighted by atomic mass is 16.7. The van der Waals surface area contributed by atoms with Crippen LogP contribution in [0.2, 0.25) is 0 Å². The average molecular weight is 815 g/mol. The molecule has 2 aliphatic carbocycles. The molecule has 3 aliphatic rings. The fourth-order valence-electron chi connectivity index (χ4n) is 9.77. The second-order valence-electron chi connectivity index (χ2n) is 16.0. The summed E-state index contributed by atoms with van der Waals surface area (Å²) in [6, 6.07) is 26.2. The van der Waals surface area contributed by atoms with Crippen LogP contribution in [-0.2, 0) is 9.57 Å². The molecule has 0 saturated heterocycles. The molecule has 1 saturated carbocycles. The van der Waals surface area contributed by atoms with Gasteiger partial charge in [0.25, 0.3) is 5.91 Å². The van der Waals surface area contributed by atoms with Crippen LogP contribution in [0.5, 0.6) is 17.2 Å². The average Bonchev–Trinajstić information content (AvgIpc) is 3.27. The minimum atomic E-state index is -1.36. The molecule has 0 spiro atoms. The Hall–Kier alpha value is -5.29. The van der Waals surface area contributed by atoms with Gasteiger partial charge in [0.1, 0.15) is 36.2 Å². The monoisotopic (exact) mass is 814 g/mol. The van der Waals surface area contributed by atoms with Gasteiger partial charge in [-0.1, -0.05) is 79.5 Å². The maximum absolute atomic E-state index is 15.1. The van der Waals surface area contributed by atoms with Crippen LogP contribution in [0.3, 0.4) is 0 Å². The molecule has 1 amide bonds. The van der Waals surface area contributed by atoms with Crippen molar-refractivity contribution in [2.24, 2.45) is 22.9 Å². The van der Waals surface area contributed by atoms with Crippen molar-refractivity contribution in [1.29, 1.82) is 0 Å². The van der Waals surface area contributed by atoms with Crippen LogP contribution >= 0.6 is 0 Å². The third-order valence-electron chi connectivity index (χ3n) is 12.3. The number of nitrogens with zero attached hydrogens (tertiary/aromatic N) is 2. The Morgan fingerprint density at radius 3 is 2.47 bits per heavy atom. The minimum Gasteiger partial charge on any atom is -0.459 e. The summed E-state index contributed by atoms with van der Waals surface area (Å²) in [6.07, 6.45) is 10.5. The number of hydrogen-bond donors (Lipinski definition) is 2. The topological polar surface area (TPSA) is 127 Å². The molecule has 7 rings (SSSR count). The van der Waals surface area contributed by atoms with E-state index >= 15 is 4.79 Å². The first-order chi connectivity index (χ1) is 29.4. The molecule has 1 fully saturated rings. The highest BCUT2D eigenvalue weighted by Crippen LogP contribution is 2.62. The van der Waals surface area contributed by atoms with Crippen LogP contribution in [0.1, 0.15) is 97.4 Å². The quantitative estimate of drug-likeness (QED) is 0.0391. The predicted molar refractivity (Wildman–Crippen MR) is 234 cm³/mol. The third kappa shape index (κ3) is 8.78. The van der Waals surface area contributed by atoms with E-state index in [2.05, 4.69) is 19.6 Å². The Labute approximate surface area is 353 Å². The fourth-order valence-corrected chi connectivity index (χ4v) is 9.77. The van der Waals surface area contributed by atoms with E-state index in [9.17, 15) is 15.0 Å². The molecule has 0 aromatic heterocycles. The van der Waals surface area contributed by atoms with Crippen molar-refractivity contribution in [3.8, 4) is 17.2 Å². The Kier molecular flexibility index (Phi) is 14.2. The Balaban J connectivity index is 1.44. The summed E-state index contributed by atoms with van der Waals surface area (Å²) in [5.74, 6) is -0.190. The van der Waals surface area contributed by atoms with Gasteiger partial charge in [0.2, 0.25) is 5.79 Å². The molecular weight excluding hydrogens is 757 g/mol. The zero-order valence-corrected chi connectivity index (χ0v) is 34.8. The van der Waals surface area contributed by atoms with Crippen LogP contribution in [-0.4, -0.2) is 77.8 Å². The van der Waals surface area contributed by atoms with E-state index in [1.54, 1.807) is 24.3 Å². The van der Waals surface area contributed by atoms with E-state index < -0.39 is 17.7 Å². The summed E-state index contributed by atoms with van der Waals surface area (Å²) in [5, 5.41) is 26.7. The van der Waals surface area contributed by atoms with Crippen LogP contribution in [0, 0.1) is 17.8 Å². The minimum absolute atomic E-state index is 0.0647. The van der Waals surface area contributed by atoms with Crippen LogP contribution in [0.15, 0.2) is 114 Å². The molecule has 0 unspecified atom stereocenters. The van der Waals surface area contributed by atoms with Gasteiger partial charge in [-0.05, 0) is 110 Å². The number of benzene rings is 4. The van der Waals surface area contributed by atoms with Gasteiger partial charge in [-0.3, -0.25) is 9.59 Å². The van der Waals surface area contributed by atoms with Gasteiger partial charge in [0, 0.05) is 48.8 Å². The van der Waals surface area contributed by atoms with Crippen LogP contribution in [0.4, 0.5) is 0 Å². The van der Waals surface area contributed by atoms with Gasteiger partial charge in [-0.2, -0.15) is 0 Å². The van der Waals surface area contributed by atoms with E-state index in [1.165, 1.54) is 0 Å². The largest absolute Gasteiger partial charge is 0.459 e. The van der Waals surface area contributed by atoms with Crippen LogP contribution < -0.4 is 9.47 Å². The van der Waals surface area contributed by atoms with Crippen molar-refractivity contribution in [2.75, 3.05) is 33.0 Å². The summed E-state index contributed by atoms with van der Waals surface area (Å²) in [5.41, 5.74) is 3.78. The number of oxime groups is 1. The lowest BCUT2D eigenvalue weighted by molar-refractivity contribution is -0.254. The Bertz CT molecular complexity index is 2200. The van der Waals surface area contributed by atoms with Gasteiger partial charge in [0.15, 0.2) is 0 Å². The molecule has 10 nitrogen and oxygen atoms in total. The van der Waals surface area contributed by atoms with E-state index in [4.69, 9.17) is 24.2 Å². The Morgan fingerprint density at radius 2 is 1.72 bits per heavy atom. The number of carbonyl (C=O) groups is 2. The van der Waals surface area contributed by atoms with Crippen molar-refractivity contribution < 1.29 is 38.9 Å². The molecule has 1 aliphatic heterocycles. The number of amides is 1. The van der Waals surface area contributed by atoms with Crippen molar-refractivity contribution in [3.63, 3.8) is 0 Å². The molecule has 60 heavy (non-hydrogen) atoms. The third-order valence-corrected chi connectivity index (χ3v) is 12.3. The van der Waals surface area contributed by atoms with Gasteiger partial charge < -0.3 is 34.2 Å². The van der Waals surface area contributed by atoms with E-state index in [0.717, 1.165) is 59.6 Å². The van der Waals surface area contributed by atoms with Crippen molar-refractivity contribution in [2.45, 2.75) is 83.0 Å². The number of unbranched alkanes of at least 4 members (excludes halogenated alkanes) is 2. The van der Waals surface area contributed by atoms with Gasteiger partial charge in [-0.15, -0.1) is 6.58 Å². The number of allylic oxidation sites excluding steroid dienone is 1. The first-order valence-electron chi connectivity index (χ1n) is 21.6. The highest BCUT2D eigenvalue weighted by Gasteiger charge is 2.65. The maximum Gasteiger partial charge on any atom is 0.254 e. The lowest BCUT2D eigenvalue weighted by Gasteiger charge is -2.60. The smallest absolute Gasteiger partial charge is 0.254 e. The van der Waals surface area contributed by atoms with Gasteiger partial charge in [-0.25, -0.2) is 0 Å². The zero-order valence-electron chi connectivity index (χ0n) is 34.8. The van der Waals surface area contributed by atoms with E-state index in [0.29, 0.717) is 67.2 Å². The van der Waals surface area contributed by atoms with Gasteiger partial charge >= 0.3 is 0 Å². The Morgan fingerprint density at radius 1 is 0.933 bits per heavy atom. The molecule has 1 heterocycles. The summed E-state index contributed by atoms with van der Waals surface area (Å²) in [4.78, 5) is 34.6. The van der Waals surface area contributed by atoms with Crippen LogP contribution in [0.25, 0.3) is 10.8 Å². The number of hydrogen-bond acceptors (Lipinski definition) is 9. The molecule has 4 aromatic carbocycles. The molecule has 6 atom stereocenters. The van der Waals surface area contributed by atoms with Crippen molar-refractivity contribution >= 4 is 28.7 Å². The summed E-state index contributed by atoms with van der Waals surface area (Å²) >= 11 is 0. The number of rotatable bonds is 20. The predicted octanol–water partition coefficient (Wildman–Crippen LogP) is 9.65. The second-order valence-corrected chi connectivity index (χ2v) is 16.0. The SMILES string of the molecule is C=CCO[C@@]12Oc3ccc(Oc4cccc(C=O)c4)cc3[C@H]3[C@H](CCCCO)[C@@H](CCCCO)C=C(C(=NOCC)C[C@@H]1N(CCC)C(=O)c1ccc4ccccc4c1)[C@H]32. The number of ether oxygens (including phenoxy) is 3. The fraction of sp³-hybridized carbons (Fsp3) is 0.420. The van der Waals surface area contributed by atoms with E-state index in [-0.39, 0.29) is 43.5 Å². The summed E-state index contributed by atoms with van der Waals surface area (Å²) in [6.45, 7) is 9.23. The second kappa shape index (κ2) is 19.8. The number of aliphatic hydroxyl groups excluding tert-OH is 2. The summed E-state index contributed by atoms with van der Waals surface area (Å²) in [7, 11) is 0. The standard InChI is InChI=1S/C50H58N2O8/c1-4-24-52(49(56)38-21-20-35-15-7-8-16-36(35)29-38)46-32-44(51-58-6-3)42-30-37(17-9-11-25-53)41(19-10-12-26-54)47-43-31-40(59-39-18-13-14-34(28-39)33-55)22-23-45(43)60-50(46,48(42)47)57-27-5-2/h5,7-8,13-16,18,20-23,28-31,33,37,41,46-48,53-54H,2,4,6,9-12,17,19,24-27,32H2,1,3H3/t37-,41+,46-,47+,48+,50+/m0/s1. The van der Waals surface area contributed by atoms with Gasteiger partial charge in [0.05, 0.1) is 18.2 Å². The molecule has 10 heteroatoms. The van der Waals surface area contributed by atoms with Crippen molar-refractivity contribution in [1.82, 2.24) is 4.90 Å². The number of carbonyl (C=O) groups excluding carboxylic acids is 2. The maximum atomic E-state index is 15.1. The first kappa shape index (κ1) is 42.8. The highest BCUT2D eigenvalue weighted by molar-refractivity contribution is 6.04. The lowest BCUT2D eigenvalue weighted by atomic mass is 9.55. The molecule has 0 radical (unpaired) electrons. The molecule has 316 valence electrons.